The van der Waals surface area contributed by atoms with Gasteiger partial charge in [0.15, 0.2) is 23.3 Å². The van der Waals surface area contributed by atoms with Crippen LogP contribution in [0.3, 0.4) is 0 Å². The highest BCUT2D eigenvalue weighted by Gasteiger charge is 2.25. The topological polar surface area (TPSA) is 113 Å². The second-order valence-electron chi connectivity index (χ2n) is 16.4. The van der Waals surface area contributed by atoms with Gasteiger partial charge in [-0.2, -0.15) is 19.9 Å². The molecule has 10 nitrogen and oxygen atoms in total. The molecule has 6 aromatic heterocycles. The van der Waals surface area contributed by atoms with E-state index in [9.17, 15) is 0 Å². The number of fused-ring (bicyclic) bond motifs is 8. The third-order valence-electron chi connectivity index (χ3n) is 12.6. The van der Waals surface area contributed by atoms with Crippen molar-refractivity contribution in [1.82, 2.24) is 49.0 Å². The van der Waals surface area contributed by atoms with Gasteiger partial charge in [-0.05, 0) is 68.7 Å². The van der Waals surface area contributed by atoms with E-state index in [4.69, 9.17) is 39.9 Å². The first-order valence-corrected chi connectivity index (χ1v) is 21.8. The molecule has 0 N–H and O–H groups in total. The van der Waals surface area contributed by atoms with Crippen LogP contribution in [0.15, 0.2) is 194 Å². The summed E-state index contributed by atoms with van der Waals surface area (Å²) in [4.78, 5) is 40.8. The molecule has 8 aromatic carbocycles. The van der Waals surface area contributed by atoms with Crippen LogP contribution in [0, 0.1) is 0 Å². The molecule has 306 valence electrons. The minimum Gasteiger partial charge on any atom is -0.276 e. The summed E-state index contributed by atoms with van der Waals surface area (Å²) < 4.78 is 4.29. The lowest BCUT2D eigenvalue weighted by atomic mass is 9.91. The lowest BCUT2D eigenvalue weighted by molar-refractivity contribution is 0.952. The van der Waals surface area contributed by atoms with Gasteiger partial charge in [0.2, 0.25) is 11.9 Å². The Kier molecular flexibility index (Phi) is 7.75. The molecule has 0 aliphatic heterocycles. The number of nitrogens with zero attached hydrogens (tertiary/aromatic N) is 10. The highest BCUT2D eigenvalue weighted by atomic mass is 15.2. The zero-order valence-electron chi connectivity index (χ0n) is 34.9. The molecule has 0 fully saturated rings. The fraction of sp³-hybridized carbons (Fsp3) is 0. The van der Waals surface area contributed by atoms with Crippen molar-refractivity contribution >= 4 is 76.2 Å². The normalized spacial score (nSPS) is 11.9. The third kappa shape index (κ3) is 5.42. The molecule has 0 amide bonds. The van der Waals surface area contributed by atoms with Gasteiger partial charge in [-0.25, -0.2) is 9.97 Å². The summed E-state index contributed by atoms with van der Waals surface area (Å²) in [5.74, 6) is 3.42. The lowest BCUT2D eigenvalue weighted by Crippen LogP contribution is -2.06. The summed E-state index contributed by atoms with van der Waals surface area (Å²) in [5, 5.41) is 8.75. The summed E-state index contributed by atoms with van der Waals surface area (Å²) in [6.07, 6.45) is 3.72. The Bertz CT molecular complexity index is 3820. The predicted octanol–water partition coefficient (Wildman–Crippen LogP) is 12.6. The maximum Gasteiger partial charge on any atom is 0.238 e. The fourth-order valence-electron chi connectivity index (χ4n) is 9.80. The Morgan fingerprint density at radius 2 is 0.636 bits per heavy atom. The summed E-state index contributed by atoms with van der Waals surface area (Å²) in [5.41, 5.74) is 9.10. The Morgan fingerprint density at radius 3 is 0.985 bits per heavy atom. The van der Waals surface area contributed by atoms with Crippen LogP contribution in [0.4, 0.5) is 0 Å². The van der Waals surface area contributed by atoms with Gasteiger partial charge >= 0.3 is 0 Å². The molecule has 0 radical (unpaired) electrons. The molecule has 14 rings (SSSR count). The van der Waals surface area contributed by atoms with Crippen LogP contribution in [0.5, 0.6) is 0 Å². The first-order valence-electron chi connectivity index (χ1n) is 21.8. The summed E-state index contributed by atoms with van der Waals surface area (Å²) in [6.45, 7) is 0. The van der Waals surface area contributed by atoms with Gasteiger partial charge in [0.05, 0.1) is 33.1 Å². The zero-order valence-corrected chi connectivity index (χ0v) is 34.9. The van der Waals surface area contributed by atoms with Gasteiger partial charge in [-0.1, -0.05) is 146 Å². The zero-order chi connectivity index (χ0) is 43.3. The van der Waals surface area contributed by atoms with Crippen molar-refractivity contribution in [3.8, 4) is 57.4 Å². The highest BCUT2D eigenvalue weighted by Crippen LogP contribution is 2.46. The molecule has 0 aliphatic rings. The van der Waals surface area contributed by atoms with E-state index in [1.54, 1.807) is 0 Å². The molecular weight excluding hydrogens is 813 g/mol. The minimum atomic E-state index is 0.522. The average molecular weight is 845 g/mol. The number of benzene rings is 8. The van der Waals surface area contributed by atoms with Crippen LogP contribution in [-0.4, -0.2) is 49.0 Å². The number of aromatic nitrogens is 10. The van der Waals surface area contributed by atoms with E-state index in [1.807, 2.05) is 146 Å². The van der Waals surface area contributed by atoms with Gasteiger partial charge < -0.3 is 0 Å². The van der Waals surface area contributed by atoms with E-state index in [2.05, 4.69) is 57.7 Å². The Hall–Kier alpha value is -9.28. The molecule has 0 atom stereocenters. The Balaban J connectivity index is 1.04. The summed E-state index contributed by atoms with van der Waals surface area (Å²) in [7, 11) is 0. The summed E-state index contributed by atoms with van der Waals surface area (Å²) >= 11 is 0. The molecular formula is C56H32N10. The lowest BCUT2D eigenvalue weighted by Gasteiger charge is -2.15. The molecule has 0 unspecified atom stereocenters. The first kappa shape index (κ1) is 36.2. The van der Waals surface area contributed by atoms with E-state index in [1.165, 1.54) is 0 Å². The van der Waals surface area contributed by atoms with Crippen LogP contribution in [-0.2, 0) is 0 Å². The number of hydrogen-bond donors (Lipinski definition) is 0. The van der Waals surface area contributed by atoms with E-state index < -0.39 is 0 Å². The van der Waals surface area contributed by atoms with Crippen LogP contribution >= 0.6 is 0 Å². The molecule has 0 aliphatic carbocycles. The van der Waals surface area contributed by atoms with Crippen molar-refractivity contribution < 1.29 is 0 Å². The van der Waals surface area contributed by atoms with Crippen molar-refractivity contribution in [3.05, 3.63) is 194 Å². The van der Waals surface area contributed by atoms with E-state index in [-0.39, 0.29) is 0 Å². The second kappa shape index (κ2) is 14.1. The van der Waals surface area contributed by atoms with Crippen molar-refractivity contribution in [1.29, 1.82) is 0 Å². The molecule has 14 aromatic rings. The molecule has 0 saturated carbocycles. The van der Waals surface area contributed by atoms with E-state index in [0.29, 0.717) is 35.2 Å². The number of hydrogen-bond acceptors (Lipinski definition) is 8. The molecule has 66 heavy (non-hydrogen) atoms. The number of rotatable bonds is 6. The molecule has 6 heterocycles. The predicted molar refractivity (Wildman–Crippen MR) is 263 cm³/mol. The van der Waals surface area contributed by atoms with Crippen LogP contribution in [0.2, 0.25) is 0 Å². The minimum absolute atomic E-state index is 0.522. The first-order chi connectivity index (χ1) is 32.7. The Morgan fingerprint density at radius 1 is 0.288 bits per heavy atom. The smallest absolute Gasteiger partial charge is 0.238 e. The maximum atomic E-state index is 5.18. The monoisotopic (exact) mass is 844 g/mol. The quantitative estimate of drug-likeness (QED) is 0.152. The van der Waals surface area contributed by atoms with Crippen LogP contribution < -0.4 is 0 Å². The SMILES string of the molecule is c1ccc(-c2nc(-c3ccccc3)nc(-n3c4cccnc4c4c5ccc6cc7c(c8ccc(cc43)c5c68)c3ncccc3n7-c3nc(-c4ccccc4)nc(-c4ccccc4)n3)n2)cc1. The van der Waals surface area contributed by atoms with Crippen LogP contribution in [0.25, 0.3) is 134 Å². The van der Waals surface area contributed by atoms with E-state index >= 15 is 0 Å². The van der Waals surface area contributed by atoms with Crippen LogP contribution in [0.1, 0.15) is 0 Å². The van der Waals surface area contributed by atoms with Crippen molar-refractivity contribution in [2.45, 2.75) is 0 Å². The summed E-state index contributed by atoms with van der Waals surface area (Å²) in [6, 6.07) is 61.9. The van der Waals surface area contributed by atoms with Crippen molar-refractivity contribution in [3.63, 3.8) is 0 Å². The van der Waals surface area contributed by atoms with Gasteiger partial charge in [0, 0.05) is 45.4 Å². The van der Waals surface area contributed by atoms with Crippen molar-refractivity contribution in [2.75, 3.05) is 0 Å². The van der Waals surface area contributed by atoms with Gasteiger partial charge in [-0.3, -0.25) is 19.1 Å². The molecule has 0 saturated heterocycles. The number of pyridine rings is 2. The standard InChI is InChI=1S/C56H32N10/c1-5-15-33(16-6-1)51-59-52(34-17-7-2-8-18-34)62-55(61-51)65-41-23-13-29-57-49(41)47-39-27-26-38-32-44-48(40-28-25-37(31-43(47)65)45(39)46(38)40)50-42(24-14-30-58-50)66(44)56-63-53(35-19-9-3-10-20-35)60-54(64-56)36-21-11-4-12-22-36/h1-32H. The average Bonchev–Trinajstić information content (AvgIpc) is 3.91. The third-order valence-corrected chi connectivity index (χ3v) is 12.6. The van der Waals surface area contributed by atoms with Crippen molar-refractivity contribution in [2.24, 2.45) is 0 Å². The van der Waals surface area contributed by atoms with Gasteiger partial charge in [0.25, 0.3) is 0 Å². The van der Waals surface area contributed by atoms with E-state index in [0.717, 1.165) is 98.4 Å². The molecule has 0 bridgehead atoms. The maximum absolute atomic E-state index is 5.18. The largest absolute Gasteiger partial charge is 0.276 e. The highest BCUT2D eigenvalue weighted by molar-refractivity contribution is 6.37. The van der Waals surface area contributed by atoms with Gasteiger partial charge in [-0.15, -0.1) is 0 Å². The fourth-order valence-corrected chi connectivity index (χ4v) is 9.80. The molecule has 0 spiro atoms. The van der Waals surface area contributed by atoms with Gasteiger partial charge in [0.1, 0.15) is 0 Å². The molecule has 10 heteroatoms. The Labute approximate surface area is 375 Å². The second-order valence-corrected chi connectivity index (χ2v) is 16.4.